The number of fused-ring (bicyclic) bond motifs is 1. The molecule has 0 N–H and O–H groups in total. The number of hydroxylamine groups is 3. The van der Waals surface area contributed by atoms with Gasteiger partial charge in [0.2, 0.25) is 0 Å². The predicted molar refractivity (Wildman–Crippen MR) is 79.4 cm³/mol. The van der Waals surface area contributed by atoms with E-state index in [0.717, 1.165) is 31.9 Å². The molecular formula is C14H29N2O3S+. The van der Waals surface area contributed by atoms with Crippen LogP contribution in [0.3, 0.4) is 0 Å². The van der Waals surface area contributed by atoms with Gasteiger partial charge in [-0.05, 0) is 40.3 Å². The van der Waals surface area contributed by atoms with Crippen LogP contribution in [0.1, 0.15) is 39.0 Å². The van der Waals surface area contributed by atoms with Crippen molar-refractivity contribution < 1.29 is 17.3 Å². The van der Waals surface area contributed by atoms with Gasteiger partial charge in [-0.15, -0.1) is 0 Å². The molecule has 0 aromatic carbocycles. The molecule has 0 aromatic heterocycles. The molecule has 20 heavy (non-hydrogen) atoms. The van der Waals surface area contributed by atoms with Gasteiger partial charge in [-0.3, -0.25) is 0 Å². The van der Waals surface area contributed by atoms with Crippen LogP contribution in [-0.2, 0) is 14.4 Å². The van der Waals surface area contributed by atoms with E-state index in [1.165, 1.54) is 6.42 Å². The zero-order chi connectivity index (χ0) is 15.1. The van der Waals surface area contributed by atoms with E-state index in [1.807, 2.05) is 7.05 Å². The fraction of sp³-hybridized carbons (Fsp3) is 1.00. The molecule has 0 bridgehead atoms. The molecule has 118 valence electrons. The normalized spacial score (nSPS) is 42.5. The molecule has 5 atom stereocenters. The van der Waals surface area contributed by atoms with Crippen molar-refractivity contribution in [1.82, 2.24) is 4.90 Å². The van der Waals surface area contributed by atoms with E-state index in [-0.39, 0.29) is 10.7 Å². The lowest BCUT2D eigenvalue weighted by molar-refractivity contribution is -1.11. The molecule has 0 spiro atoms. The van der Waals surface area contributed by atoms with Crippen LogP contribution in [0.15, 0.2) is 0 Å². The van der Waals surface area contributed by atoms with Crippen LogP contribution in [-0.4, -0.2) is 63.5 Å². The summed E-state index contributed by atoms with van der Waals surface area (Å²) in [6.07, 6.45) is 6.72. The first kappa shape index (κ1) is 16.2. The zero-order valence-corrected chi connectivity index (χ0v) is 14.2. The second-order valence-corrected chi connectivity index (χ2v) is 8.58. The number of hydrogen-bond acceptors (Lipinski definition) is 4. The van der Waals surface area contributed by atoms with Gasteiger partial charge in [0.25, 0.3) is 0 Å². The topological polar surface area (TPSA) is 46.6 Å². The van der Waals surface area contributed by atoms with E-state index < -0.39 is 10.1 Å². The van der Waals surface area contributed by atoms with Crippen molar-refractivity contribution in [3.63, 3.8) is 0 Å². The average Bonchev–Trinajstić information content (AvgIpc) is 2.31. The van der Waals surface area contributed by atoms with Crippen LogP contribution in [0.5, 0.6) is 0 Å². The minimum atomic E-state index is -3.43. The van der Waals surface area contributed by atoms with Gasteiger partial charge in [0.05, 0.1) is 6.26 Å². The summed E-state index contributed by atoms with van der Waals surface area (Å²) in [5, 5.41) is 0. The first-order chi connectivity index (χ1) is 9.13. The molecule has 5 nitrogen and oxygen atoms in total. The van der Waals surface area contributed by atoms with Crippen molar-refractivity contribution in [1.29, 1.82) is 0 Å². The molecule has 2 aliphatic rings. The van der Waals surface area contributed by atoms with Crippen molar-refractivity contribution in [3.05, 3.63) is 0 Å². The van der Waals surface area contributed by atoms with Gasteiger partial charge in [-0.2, -0.15) is 13.1 Å². The Hall–Kier alpha value is -0.170. The molecule has 1 saturated heterocycles. The van der Waals surface area contributed by atoms with E-state index in [0.29, 0.717) is 18.0 Å². The van der Waals surface area contributed by atoms with E-state index in [1.54, 1.807) is 0 Å². The maximum atomic E-state index is 11.7. The van der Waals surface area contributed by atoms with E-state index in [9.17, 15) is 8.42 Å². The molecule has 0 amide bonds. The summed E-state index contributed by atoms with van der Waals surface area (Å²) < 4.78 is 29.1. The molecule has 0 radical (unpaired) electrons. The highest BCUT2D eigenvalue weighted by Gasteiger charge is 2.52. The van der Waals surface area contributed by atoms with Crippen LogP contribution in [0, 0.1) is 5.92 Å². The SMILES string of the molecule is CC1CCC2CC(N(C)C)CCC2[N+]1(C)OS(C)(=O)=O. The van der Waals surface area contributed by atoms with E-state index >= 15 is 0 Å². The Labute approximate surface area is 123 Å². The summed E-state index contributed by atoms with van der Waals surface area (Å²) >= 11 is 0. The summed E-state index contributed by atoms with van der Waals surface area (Å²) in [7, 11) is 2.80. The Kier molecular flexibility index (Phi) is 4.50. The quantitative estimate of drug-likeness (QED) is 0.743. The van der Waals surface area contributed by atoms with Crippen LogP contribution in [0.4, 0.5) is 0 Å². The van der Waals surface area contributed by atoms with Gasteiger partial charge in [0.1, 0.15) is 19.1 Å². The number of piperidine rings is 1. The first-order valence-electron chi connectivity index (χ1n) is 7.57. The summed E-state index contributed by atoms with van der Waals surface area (Å²) in [5.74, 6) is 0.569. The molecular weight excluding hydrogens is 276 g/mol. The molecule has 1 aliphatic heterocycles. The fourth-order valence-electron chi connectivity index (χ4n) is 4.14. The zero-order valence-electron chi connectivity index (χ0n) is 13.4. The Bertz CT molecular complexity index is 451. The van der Waals surface area contributed by atoms with Crippen molar-refractivity contribution in [2.24, 2.45) is 5.92 Å². The van der Waals surface area contributed by atoms with Crippen LogP contribution >= 0.6 is 0 Å². The second kappa shape index (κ2) is 5.55. The second-order valence-electron chi connectivity index (χ2n) is 7.02. The first-order valence-corrected chi connectivity index (χ1v) is 9.38. The van der Waals surface area contributed by atoms with Gasteiger partial charge in [0.15, 0.2) is 0 Å². The summed E-state index contributed by atoms with van der Waals surface area (Å²) in [4.78, 5) is 2.30. The monoisotopic (exact) mass is 305 g/mol. The standard InChI is InChI=1S/C14H29N2O3S/c1-11-6-7-12-10-13(15(2)3)8-9-14(12)16(11,4)19-20(5,17)18/h11-14H,6-10H2,1-5H3/q+1. The number of rotatable bonds is 3. The lowest BCUT2D eigenvalue weighted by Crippen LogP contribution is -2.65. The van der Waals surface area contributed by atoms with Crippen molar-refractivity contribution in [2.75, 3.05) is 27.4 Å². The minimum absolute atomic E-state index is 0.238. The van der Waals surface area contributed by atoms with Crippen LogP contribution in [0.2, 0.25) is 0 Å². The van der Waals surface area contributed by atoms with Crippen LogP contribution < -0.4 is 0 Å². The maximum Gasteiger partial charge on any atom is 0.311 e. The van der Waals surface area contributed by atoms with Gasteiger partial charge >= 0.3 is 10.1 Å². The largest absolute Gasteiger partial charge is 0.311 e. The smallest absolute Gasteiger partial charge is 0.306 e. The highest BCUT2D eigenvalue weighted by atomic mass is 32.2. The molecule has 1 saturated carbocycles. The van der Waals surface area contributed by atoms with Gasteiger partial charge < -0.3 is 4.90 Å². The van der Waals surface area contributed by atoms with Gasteiger partial charge in [-0.25, -0.2) is 0 Å². The Morgan fingerprint density at radius 3 is 2.35 bits per heavy atom. The highest BCUT2D eigenvalue weighted by Crippen LogP contribution is 2.43. The highest BCUT2D eigenvalue weighted by molar-refractivity contribution is 7.85. The molecule has 6 heteroatoms. The molecule has 5 unspecified atom stereocenters. The molecule has 2 rings (SSSR count). The maximum absolute atomic E-state index is 11.7. The number of nitrogens with zero attached hydrogens (tertiary/aromatic N) is 2. The summed E-state index contributed by atoms with van der Waals surface area (Å²) in [6, 6.07) is 1.17. The molecule has 2 fully saturated rings. The number of likely N-dealkylation sites (tertiary alicyclic amines) is 1. The van der Waals surface area contributed by atoms with Gasteiger partial charge in [-0.1, -0.05) is 4.28 Å². The third-order valence-electron chi connectivity index (χ3n) is 5.43. The Morgan fingerprint density at radius 1 is 1.15 bits per heavy atom. The molecule has 1 heterocycles. The Balaban J connectivity index is 2.20. The fourth-order valence-corrected chi connectivity index (χ4v) is 4.98. The lowest BCUT2D eigenvalue weighted by atomic mass is 9.74. The molecule has 1 aliphatic carbocycles. The summed E-state index contributed by atoms with van der Waals surface area (Å²) in [5.41, 5.74) is 0. The average molecular weight is 305 g/mol. The van der Waals surface area contributed by atoms with Crippen molar-refractivity contribution in [3.8, 4) is 0 Å². The van der Waals surface area contributed by atoms with Crippen molar-refractivity contribution in [2.45, 2.75) is 57.2 Å². The third-order valence-corrected chi connectivity index (χ3v) is 6.02. The van der Waals surface area contributed by atoms with E-state index in [2.05, 4.69) is 25.9 Å². The van der Waals surface area contributed by atoms with Gasteiger partial charge in [0, 0.05) is 24.8 Å². The minimum Gasteiger partial charge on any atom is -0.306 e. The van der Waals surface area contributed by atoms with E-state index in [4.69, 9.17) is 4.28 Å². The number of quaternary nitrogens is 1. The molecule has 0 aromatic rings. The Morgan fingerprint density at radius 2 is 1.80 bits per heavy atom. The number of hydrogen-bond donors (Lipinski definition) is 0. The predicted octanol–water partition coefficient (Wildman–Crippen LogP) is 1.61. The third kappa shape index (κ3) is 3.18. The lowest BCUT2D eigenvalue weighted by Gasteiger charge is -2.51. The van der Waals surface area contributed by atoms with Crippen molar-refractivity contribution >= 4 is 10.1 Å². The van der Waals surface area contributed by atoms with Crippen LogP contribution in [0.25, 0.3) is 0 Å². The summed E-state index contributed by atoms with van der Waals surface area (Å²) in [6.45, 7) is 2.11.